The number of benzene rings is 2. The molecule has 1 N–H and O–H groups in total. The van der Waals surface area contributed by atoms with Gasteiger partial charge in [-0.3, -0.25) is 4.79 Å². The van der Waals surface area contributed by atoms with E-state index in [0.717, 1.165) is 51.3 Å². The summed E-state index contributed by atoms with van der Waals surface area (Å²) in [6, 6.07) is 7.57. The third-order valence-corrected chi connectivity index (χ3v) is 8.68. The van der Waals surface area contributed by atoms with Gasteiger partial charge >= 0.3 is 5.97 Å². The summed E-state index contributed by atoms with van der Waals surface area (Å²) in [5.41, 5.74) is 0.626. The maximum atomic E-state index is 12.7. The Hall–Kier alpha value is 0.430. The predicted octanol–water partition coefficient (Wildman–Crippen LogP) is 7.66. The van der Waals surface area contributed by atoms with Crippen LogP contribution in [0.1, 0.15) is 45.1 Å². The molecule has 3 rings (SSSR count). The minimum Gasteiger partial charge on any atom is -0.506 e. The smallest absolute Gasteiger partial charge is 0.310 e. The molecular weight excluding hydrogens is 836 g/mol. The molecule has 30 heavy (non-hydrogen) atoms. The van der Waals surface area contributed by atoms with Crippen molar-refractivity contribution in [1.82, 2.24) is 0 Å². The highest BCUT2D eigenvalue weighted by Gasteiger charge is 2.40. The van der Waals surface area contributed by atoms with Crippen LogP contribution in [0, 0.1) is 20.2 Å². The van der Waals surface area contributed by atoms with Crippen molar-refractivity contribution in [2.75, 3.05) is 0 Å². The molecule has 0 unspecified atom stereocenters. The lowest BCUT2D eigenvalue weighted by atomic mass is 9.88. The molecule has 0 radical (unpaired) electrons. The first-order valence-electron chi connectivity index (χ1n) is 9.67. The lowest BCUT2D eigenvalue weighted by Crippen LogP contribution is -2.38. The first kappa shape index (κ1) is 25.1. The zero-order chi connectivity index (χ0) is 22.1. The zero-order valence-corrected chi connectivity index (χ0v) is 25.2. The van der Waals surface area contributed by atoms with E-state index in [1.54, 1.807) is 0 Å². The maximum Gasteiger partial charge on any atom is 0.310 e. The zero-order valence-electron chi connectivity index (χ0n) is 16.6. The van der Waals surface area contributed by atoms with E-state index in [0.29, 0.717) is 11.7 Å². The van der Waals surface area contributed by atoms with E-state index in [1.165, 1.54) is 0 Å². The largest absolute Gasteiger partial charge is 0.506 e. The van der Waals surface area contributed by atoms with Gasteiger partial charge in [-0.2, -0.15) is 0 Å². The second-order valence-electron chi connectivity index (χ2n) is 7.80. The topological polar surface area (TPSA) is 55.8 Å². The molecule has 4 nitrogen and oxygen atoms in total. The highest BCUT2D eigenvalue weighted by Crippen LogP contribution is 2.40. The summed E-state index contributed by atoms with van der Waals surface area (Å²) >= 11 is 8.66. The third-order valence-electron chi connectivity index (χ3n) is 5.44. The molecule has 1 saturated carbocycles. The van der Waals surface area contributed by atoms with Crippen LogP contribution in [0.25, 0.3) is 0 Å². The second-order valence-corrected chi connectivity index (χ2v) is 12.5. The number of phenols is 1. The van der Waals surface area contributed by atoms with E-state index >= 15 is 0 Å². The molecule has 0 heterocycles. The highest BCUT2D eigenvalue weighted by atomic mass is 127. The summed E-state index contributed by atoms with van der Waals surface area (Å²) in [7, 11) is 0. The van der Waals surface area contributed by atoms with Gasteiger partial charge in [0.2, 0.25) is 0 Å². The van der Waals surface area contributed by atoms with Crippen LogP contribution in [-0.2, 0) is 16.0 Å². The quantitative estimate of drug-likeness (QED) is 0.240. The van der Waals surface area contributed by atoms with E-state index in [1.807, 2.05) is 24.3 Å². The number of aromatic hydroxyl groups is 1. The number of esters is 1. The number of phenolic OH excluding ortho intramolecular Hbond substituents is 1. The van der Waals surface area contributed by atoms with Gasteiger partial charge in [0.05, 0.1) is 20.7 Å². The van der Waals surface area contributed by atoms with E-state index < -0.39 is 0 Å². The summed E-state index contributed by atoms with van der Waals surface area (Å²) < 4.78 is 15.5. The molecule has 162 valence electrons. The molecule has 1 aliphatic rings. The van der Waals surface area contributed by atoms with Gasteiger partial charge in [-0.1, -0.05) is 13.8 Å². The van der Waals surface area contributed by atoms with Gasteiger partial charge in [-0.05, 0) is 152 Å². The van der Waals surface area contributed by atoms with Crippen molar-refractivity contribution in [3.05, 3.63) is 44.1 Å². The van der Waals surface area contributed by atoms with Crippen LogP contribution in [0.3, 0.4) is 0 Å². The van der Waals surface area contributed by atoms with Crippen LogP contribution >= 0.6 is 90.4 Å². The average molecular weight is 858 g/mol. The standard InChI is InChI=1S/C22H22I4O4/c1-12(2)22(5-3-4-6-22)30-19(27)9-13-7-17(25)21(18(26)8-13)29-14-10-15(23)20(28)16(24)11-14/h7-8,10-12,28H,3-6,9H2,1-2H3. The van der Waals surface area contributed by atoms with Crippen molar-refractivity contribution in [3.63, 3.8) is 0 Å². The maximum absolute atomic E-state index is 12.7. The number of halogens is 4. The predicted molar refractivity (Wildman–Crippen MR) is 151 cm³/mol. The Morgan fingerprint density at radius 2 is 1.53 bits per heavy atom. The number of ether oxygens (including phenoxy) is 2. The lowest BCUT2D eigenvalue weighted by molar-refractivity contribution is -0.163. The van der Waals surface area contributed by atoms with Crippen molar-refractivity contribution < 1.29 is 19.4 Å². The molecule has 0 atom stereocenters. The average Bonchev–Trinajstić information content (AvgIpc) is 3.12. The van der Waals surface area contributed by atoms with Crippen LogP contribution in [0.2, 0.25) is 0 Å². The fourth-order valence-electron chi connectivity index (χ4n) is 3.73. The summed E-state index contributed by atoms with van der Waals surface area (Å²) in [5, 5.41) is 9.96. The van der Waals surface area contributed by atoms with Gasteiger partial charge in [-0.25, -0.2) is 0 Å². The molecule has 0 aliphatic heterocycles. The van der Waals surface area contributed by atoms with Crippen molar-refractivity contribution in [2.45, 2.75) is 51.6 Å². The Balaban J connectivity index is 1.75. The van der Waals surface area contributed by atoms with Gasteiger partial charge < -0.3 is 14.6 Å². The molecule has 0 amide bonds. The van der Waals surface area contributed by atoms with Crippen LogP contribution in [0.15, 0.2) is 24.3 Å². The Morgan fingerprint density at radius 1 is 1.00 bits per heavy atom. The van der Waals surface area contributed by atoms with E-state index in [4.69, 9.17) is 9.47 Å². The second kappa shape index (κ2) is 10.6. The van der Waals surface area contributed by atoms with Gasteiger partial charge in [0.1, 0.15) is 17.1 Å². The SMILES string of the molecule is CC(C)C1(OC(=O)Cc2cc(I)c(Oc3cc(I)c(O)c(I)c3)c(I)c2)CCCC1. The lowest BCUT2D eigenvalue weighted by Gasteiger charge is -2.33. The first-order chi connectivity index (χ1) is 14.1. The molecule has 0 bridgehead atoms. The normalized spacial score (nSPS) is 15.4. The minimum atomic E-state index is -0.298. The van der Waals surface area contributed by atoms with Crippen molar-refractivity contribution in [2.24, 2.45) is 5.92 Å². The van der Waals surface area contributed by atoms with Gasteiger partial charge in [-0.15, -0.1) is 0 Å². The fraction of sp³-hybridized carbons (Fsp3) is 0.409. The molecule has 8 heteroatoms. The molecule has 2 aromatic rings. The number of carbonyl (C=O) groups is 1. The van der Waals surface area contributed by atoms with Crippen LogP contribution in [0.4, 0.5) is 0 Å². The monoisotopic (exact) mass is 858 g/mol. The minimum absolute atomic E-state index is 0.159. The highest BCUT2D eigenvalue weighted by molar-refractivity contribution is 14.1. The molecule has 1 aliphatic carbocycles. The summed E-state index contributed by atoms with van der Waals surface area (Å²) in [4.78, 5) is 12.7. The number of hydrogen-bond donors (Lipinski definition) is 1. The first-order valence-corrected chi connectivity index (χ1v) is 14.0. The van der Waals surface area contributed by atoms with E-state index in [-0.39, 0.29) is 23.7 Å². The van der Waals surface area contributed by atoms with Crippen molar-refractivity contribution >= 4 is 96.3 Å². The van der Waals surface area contributed by atoms with Crippen molar-refractivity contribution in [1.29, 1.82) is 0 Å². The van der Waals surface area contributed by atoms with E-state index in [2.05, 4.69) is 104 Å². The van der Waals surface area contributed by atoms with Crippen LogP contribution in [-0.4, -0.2) is 16.7 Å². The summed E-state index contributed by atoms with van der Waals surface area (Å²) in [5.74, 6) is 1.86. The van der Waals surface area contributed by atoms with Crippen LogP contribution < -0.4 is 4.74 Å². The third kappa shape index (κ3) is 5.86. The number of hydrogen-bond acceptors (Lipinski definition) is 4. The Kier molecular flexibility index (Phi) is 8.83. The van der Waals surface area contributed by atoms with Gasteiger partial charge in [0.25, 0.3) is 0 Å². The summed E-state index contributed by atoms with van der Waals surface area (Å²) in [6.45, 7) is 4.28. The Bertz CT molecular complexity index is 906. The number of rotatable bonds is 6. The van der Waals surface area contributed by atoms with Gasteiger partial charge in [0, 0.05) is 0 Å². The molecule has 1 fully saturated rings. The number of carbonyl (C=O) groups excluding carboxylic acids is 1. The van der Waals surface area contributed by atoms with Crippen molar-refractivity contribution in [3.8, 4) is 17.2 Å². The van der Waals surface area contributed by atoms with E-state index in [9.17, 15) is 9.90 Å². The fourth-order valence-corrected chi connectivity index (χ4v) is 7.56. The Labute approximate surface area is 231 Å². The molecular formula is C22H22I4O4. The molecule has 0 saturated heterocycles. The molecule has 0 spiro atoms. The van der Waals surface area contributed by atoms with Crippen LogP contribution in [0.5, 0.6) is 17.2 Å². The molecule has 2 aromatic carbocycles. The van der Waals surface area contributed by atoms with Gasteiger partial charge in [0.15, 0.2) is 5.75 Å². The molecule has 0 aromatic heterocycles. The Morgan fingerprint density at radius 3 is 2.03 bits per heavy atom. The summed E-state index contributed by atoms with van der Waals surface area (Å²) in [6.07, 6.45) is 4.44.